The van der Waals surface area contributed by atoms with Gasteiger partial charge in [-0.2, -0.15) is 57.7 Å². The molecule has 0 spiro atoms. The van der Waals surface area contributed by atoms with E-state index in [4.69, 9.17) is 0 Å². The summed E-state index contributed by atoms with van der Waals surface area (Å²) in [7, 11) is -25.9. The minimum atomic E-state index is -3.48. The third-order valence-corrected chi connectivity index (χ3v) is 24.6. The maximum atomic E-state index is 10.5. The molecule has 2 aromatic heterocycles. The lowest BCUT2D eigenvalue weighted by molar-refractivity contribution is -0.126. The largest absolute Gasteiger partial charge is 0.439 e. The van der Waals surface area contributed by atoms with Crippen LogP contribution in [0, 0.1) is 0 Å². The summed E-state index contributed by atoms with van der Waals surface area (Å²) in [6, 6.07) is 2.80. The van der Waals surface area contributed by atoms with Crippen LogP contribution in [0.2, 0.25) is 0 Å². The van der Waals surface area contributed by atoms with Crippen molar-refractivity contribution in [2.24, 2.45) is 0 Å². The molecule has 18 rings (SSSR count). The highest BCUT2D eigenvalue weighted by molar-refractivity contribution is 8.14. The summed E-state index contributed by atoms with van der Waals surface area (Å²) in [4.78, 5) is 237. The smallest absolute Gasteiger partial charge is 0.414 e. The molecule has 15 aliphatic heterocycles. The number of imide groups is 4. The fourth-order valence-electron chi connectivity index (χ4n) is 7.37. The van der Waals surface area contributed by atoms with Crippen LogP contribution in [0.1, 0.15) is 83.5 Å². The number of hydroxylamine groups is 1. The van der Waals surface area contributed by atoms with E-state index in [1.54, 1.807) is 29.0 Å². The molecule has 1 saturated carbocycles. The Morgan fingerprint density at radius 3 is 1.09 bits per heavy atom. The van der Waals surface area contributed by atoms with Crippen LogP contribution in [-0.4, -0.2) is 268 Å². The molecule has 17 heterocycles. The molecule has 1 aliphatic carbocycles. The molecule has 21 N–H and O–H groups in total. The molecular formula is C57H79N21O42S12. The van der Waals surface area contributed by atoms with E-state index in [-0.39, 0.29) is 163 Å². The van der Waals surface area contributed by atoms with Gasteiger partial charge in [-0.25, -0.2) is 67.6 Å². The second kappa shape index (κ2) is 60.1. The number of amides is 19. The number of H-pyrrole nitrogens is 2. The highest BCUT2D eigenvalue weighted by Gasteiger charge is 2.27. The predicted octanol–water partition coefficient (Wildman–Crippen LogP) is -13.8. The standard InChI is InChI=1S/C5H6O2.C4H7NO3S.C4H5NO2.C4H3NO2.2C3H6N2O3S.C3H5NO3S.C3H3NO3S.C3H3NO3.C3H3NO2S.C3H5NO2S.C3H3NO2S.C3H5NO2.C3H3NO2.C3H5NOS.C3H3NOS.2C2H4N2O3S/c6-4-1-2-5(7)3-4;6-4-2-1-3-9(7,8)5-4;2*6-3-1-2-4(7)5-3;2*6-3-1-2-4-9(7,8)5-3;2*5-3-1-2-8(6,7)4-3;2*5-2-1-7-3(6)4-2;2*5-3-1-2-7(6)4-3;4*5-3-1-2-6-4-3;2*5-2-1-3-8(6,7)4-2/h1-3H2;1-3H2,(H,5,6);1-2H2,(H,5,6,7);1-2H,(H,5,6,7);2*4H,1-2H2,(H,5,6);1-2H2,(H,4,5);1-2H,(H,4,5);2*1H2,(H,4,5,6);1-2H2,(H,4,5);1-2H,(H,4,5);1-2H2,(H,4,5);1-2H,(H,4,5);1-2H2,(H,4,5);1-2H,(H,4,5);2*3H,1H2,(H,4,5). The number of hydrogen-bond donors (Lipinski definition) is 21. The van der Waals surface area contributed by atoms with Crippen LogP contribution < -0.4 is 104 Å². The Morgan fingerprint density at radius 2 is 0.939 bits per heavy atom. The number of carbonyl (C=O) groups is 21. The van der Waals surface area contributed by atoms with Crippen LogP contribution in [-0.2, 0) is 194 Å². The van der Waals surface area contributed by atoms with E-state index in [1.165, 1.54) is 65.5 Å². The highest BCUT2D eigenvalue weighted by atomic mass is 32.2. The number of aromatic nitrogens is 2. The molecule has 16 aliphatic rings. The molecule has 12 saturated heterocycles. The quantitative estimate of drug-likeness (QED) is 0.0662. The van der Waals surface area contributed by atoms with Gasteiger partial charge >= 0.3 is 46.9 Å². The normalized spacial score (nSPS) is 22.1. The van der Waals surface area contributed by atoms with Gasteiger partial charge in [-0.3, -0.25) is 155 Å². The van der Waals surface area contributed by atoms with Gasteiger partial charge in [0.2, 0.25) is 90.9 Å². The third kappa shape index (κ3) is 63.9. The molecule has 132 heavy (non-hydrogen) atoms. The maximum Gasteiger partial charge on any atom is 0.414 e. The fraction of sp³-hybridized carbons (Fsp3) is 0.421. The third-order valence-electron chi connectivity index (χ3n) is 12.9. The number of ketones is 2. The summed E-state index contributed by atoms with van der Waals surface area (Å²) < 4.78 is 203. The van der Waals surface area contributed by atoms with E-state index >= 15 is 0 Å². The second-order valence-corrected chi connectivity index (χ2v) is 40.2. The number of ether oxygens (including phenoxy) is 1. The SMILES string of the molecule is O=C1C=CC(=O)N1.O=C1C=CS(=O)(=O)N1.O=C1C=CS(=O)N1.O=C1CCC(=O)C1.O=C1CCC(=O)N1.O=C1CCCS(=O)(=O)N1.O=C1CCNS(=O)(=O)N1.O=C1CCNS(=O)(=O)N1.O=C1CCON1.O=C1CCS(=O)(=O)N1.O=C1CCS(=O)N1.O=C1CCSN1.O=C1CNS(=O)(=O)N1.O=C1CNS(=O)(=O)N1.O=C1COC(=O)N1.O=C1CSC(=O)N1.O=c1cco[nH]1.O=c1ccs[nH]1. The first-order valence-electron chi connectivity index (χ1n) is 35.3. The Kier molecular flexibility index (Phi) is 53.7. The van der Waals surface area contributed by atoms with E-state index in [9.17, 15) is 178 Å². The van der Waals surface area contributed by atoms with Gasteiger partial charge in [0.15, 0.2) is 6.61 Å². The summed E-state index contributed by atoms with van der Waals surface area (Å²) in [5, 5.41) is 13.9. The van der Waals surface area contributed by atoms with Gasteiger partial charge in [-0.05, 0) is 18.4 Å². The van der Waals surface area contributed by atoms with Crippen LogP contribution in [0.3, 0.4) is 0 Å². The Balaban J connectivity index is 0.000000700. The lowest BCUT2D eigenvalue weighted by Crippen LogP contribution is -2.46. The number of Topliss-reactive ketones (excluding diaryl/α,β-unsaturated/α-hetero) is 2. The van der Waals surface area contributed by atoms with E-state index in [0.717, 1.165) is 29.0 Å². The van der Waals surface area contributed by atoms with Crippen molar-refractivity contribution < 1.29 is 182 Å². The molecule has 0 aromatic carbocycles. The van der Waals surface area contributed by atoms with Crippen molar-refractivity contribution in [3.05, 3.63) is 79.6 Å². The first kappa shape index (κ1) is 118. The molecule has 13 fully saturated rings. The molecule has 0 radical (unpaired) electrons. The van der Waals surface area contributed by atoms with Gasteiger partial charge in [0.1, 0.15) is 39.8 Å². The topological polar surface area (TPSA) is 957 Å². The number of sulfonamides is 3. The van der Waals surface area contributed by atoms with Crippen LogP contribution in [0.4, 0.5) is 9.59 Å². The molecule has 19 amide bonds. The van der Waals surface area contributed by atoms with Gasteiger partial charge in [-0.15, -0.1) is 0 Å². The van der Waals surface area contributed by atoms with Crippen molar-refractivity contribution >= 4 is 251 Å². The summed E-state index contributed by atoms with van der Waals surface area (Å²) in [6.45, 7) is 0.532. The molecule has 2 unspecified atom stereocenters. The lowest BCUT2D eigenvalue weighted by Gasteiger charge is -2.12. The summed E-state index contributed by atoms with van der Waals surface area (Å²) in [5.74, 6) is -3.07. The molecule has 75 heteroatoms. The van der Waals surface area contributed by atoms with Gasteiger partial charge < -0.3 is 14.0 Å². The van der Waals surface area contributed by atoms with Crippen molar-refractivity contribution in [3.8, 4) is 0 Å². The van der Waals surface area contributed by atoms with Crippen LogP contribution in [0.25, 0.3) is 0 Å². The van der Waals surface area contributed by atoms with Crippen LogP contribution in [0.15, 0.2) is 73.0 Å². The number of thioether (sulfide) groups is 1. The Morgan fingerprint density at radius 1 is 0.409 bits per heavy atom. The van der Waals surface area contributed by atoms with E-state index in [2.05, 4.69) is 63.4 Å². The monoisotopic (exact) mass is 2110 g/mol. The summed E-state index contributed by atoms with van der Waals surface area (Å²) in [6.07, 6.45) is 10.1. The van der Waals surface area contributed by atoms with Crippen molar-refractivity contribution in [1.82, 2.24) is 102 Å². The van der Waals surface area contributed by atoms with Crippen molar-refractivity contribution in [1.29, 1.82) is 0 Å². The van der Waals surface area contributed by atoms with Crippen LogP contribution >= 0.6 is 35.2 Å². The molecule has 2 atom stereocenters. The zero-order chi connectivity index (χ0) is 100. The number of aromatic amines is 2. The molecule has 2 aromatic rings. The van der Waals surface area contributed by atoms with Gasteiger partial charge in [0.25, 0.3) is 55.9 Å². The molecule has 0 bridgehead atoms. The van der Waals surface area contributed by atoms with Gasteiger partial charge in [-0.1, -0.05) is 23.3 Å². The number of cyclic esters (lactones) is 1. The van der Waals surface area contributed by atoms with Crippen LogP contribution in [0.5, 0.6) is 0 Å². The Labute approximate surface area is 762 Å². The molecular weight excluding hydrogens is 2040 g/mol. The van der Waals surface area contributed by atoms with Gasteiger partial charge in [0.05, 0.1) is 61.0 Å². The lowest BCUT2D eigenvalue weighted by atomic mass is 10.3. The van der Waals surface area contributed by atoms with E-state index in [0.29, 0.717) is 75.9 Å². The summed E-state index contributed by atoms with van der Waals surface area (Å²) >= 11 is 3.79. The predicted molar refractivity (Wildman–Crippen MR) is 447 cm³/mol. The van der Waals surface area contributed by atoms with Crippen molar-refractivity contribution in [2.45, 2.75) is 83.5 Å². The molecule has 736 valence electrons. The highest BCUT2D eigenvalue weighted by Crippen LogP contribution is 2.09. The zero-order valence-electron chi connectivity index (χ0n) is 66.8. The van der Waals surface area contributed by atoms with E-state index < -0.39 is 134 Å². The fourth-order valence-corrected chi connectivity index (χ4v) is 16.4. The Hall–Kier alpha value is -12.0. The number of nitrogens with one attached hydrogen (secondary N) is 21. The minimum Gasteiger partial charge on any atom is -0.439 e. The Bertz CT molecular complexity index is 5080. The number of alkyl carbamates (subject to hydrolysis) is 1. The maximum absolute atomic E-state index is 10.5. The average Bonchev–Trinajstić information content (AvgIpc) is 1.85. The van der Waals surface area contributed by atoms with Crippen molar-refractivity contribution in [2.75, 3.05) is 68.2 Å². The number of rotatable bonds is 0. The zero-order valence-corrected chi connectivity index (χ0v) is 76.6. The summed E-state index contributed by atoms with van der Waals surface area (Å²) in [5.41, 5.74) is 1.97. The average molecular weight is 2120 g/mol. The minimum absolute atomic E-state index is 0.0139. The van der Waals surface area contributed by atoms with Crippen molar-refractivity contribution in [3.63, 3.8) is 0 Å². The first-order chi connectivity index (χ1) is 61.3. The number of carbonyl (C=O) groups excluding carboxylic acids is 21. The van der Waals surface area contributed by atoms with Gasteiger partial charge in [0, 0.05) is 130 Å². The first-order valence-corrected chi connectivity index (χ1v) is 51.4. The van der Waals surface area contributed by atoms with E-state index in [1.807, 2.05) is 29.5 Å². The molecule has 63 nitrogen and oxygen atoms in total. The second-order valence-electron chi connectivity index (χ2n) is 24.0. The number of hydrogen-bond acceptors (Lipinski definition) is 45.